The molecule has 3 rings (SSSR count). The van der Waals surface area contributed by atoms with E-state index in [2.05, 4.69) is 19.8 Å². The highest BCUT2D eigenvalue weighted by Crippen LogP contribution is 2.23. The van der Waals surface area contributed by atoms with Crippen LogP contribution in [-0.2, 0) is 0 Å². The summed E-state index contributed by atoms with van der Waals surface area (Å²) in [7, 11) is 0. The fourth-order valence-electron chi connectivity index (χ4n) is 2.22. The molecule has 0 aliphatic carbocycles. The predicted octanol–water partition coefficient (Wildman–Crippen LogP) is 2.48. The Morgan fingerprint density at radius 1 is 1.38 bits per heavy atom. The Morgan fingerprint density at radius 2 is 2.12 bits per heavy atom. The molecule has 0 bridgehead atoms. The summed E-state index contributed by atoms with van der Waals surface area (Å²) in [5, 5.41) is 8.05. The molecule has 0 saturated carbocycles. The quantitative estimate of drug-likeness (QED) is 0.490. The van der Waals surface area contributed by atoms with Gasteiger partial charge in [0.2, 0.25) is 0 Å². The van der Waals surface area contributed by atoms with Crippen LogP contribution >= 0.6 is 11.5 Å². The highest BCUT2D eigenvalue weighted by atomic mass is 32.1. The van der Waals surface area contributed by atoms with Gasteiger partial charge in [0.15, 0.2) is 0 Å². The maximum atomic E-state index is 12.0. The number of anilines is 2. The number of amidine groups is 1. The van der Waals surface area contributed by atoms with Gasteiger partial charge in [0.25, 0.3) is 5.56 Å². The lowest BCUT2D eigenvalue weighted by atomic mass is 10.2. The Kier molecular flexibility index (Phi) is 4.48. The third kappa shape index (κ3) is 3.38. The van der Waals surface area contributed by atoms with Crippen LogP contribution in [0.5, 0.6) is 0 Å². The topological polar surface area (TPSA) is 101 Å². The number of aromatic amines is 1. The van der Waals surface area contributed by atoms with Gasteiger partial charge >= 0.3 is 0 Å². The van der Waals surface area contributed by atoms with Crippen molar-refractivity contribution in [2.45, 2.75) is 19.9 Å². The molecule has 0 aliphatic rings. The van der Waals surface area contributed by atoms with Gasteiger partial charge in [-0.3, -0.25) is 14.2 Å². The summed E-state index contributed by atoms with van der Waals surface area (Å²) < 4.78 is 4.47. The molecular weight excluding hydrogens is 324 g/mol. The zero-order chi connectivity index (χ0) is 17.1. The first-order valence-electron chi connectivity index (χ1n) is 7.47. The molecule has 0 amide bonds. The van der Waals surface area contributed by atoms with Crippen molar-refractivity contribution >= 4 is 28.1 Å². The number of nitrogens with one attached hydrogen (secondary N) is 2. The maximum Gasteiger partial charge on any atom is 0.271 e. The number of aromatic nitrogens is 3. The van der Waals surface area contributed by atoms with Crippen molar-refractivity contribution in [1.29, 1.82) is 0 Å². The zero-order valence-electron chi connectivity index (χ0n) is 13.4. The first kappa shape index (κ1) is 16.0. The molecule has 2 heterocycles. The van der Waals surface area contributed by atoms with Gasteiger partial charge in [-0.05, 0) is 55.7 Å². The van der Waals surface area contributed by atoms with Crippen molar-refractivity contribution in [1.82, 2.24) is 14.2 Å². The second kappa shape index (κ2) is 6.71. The van der Waals surface area contributed by atoms with Gasteiger partial charge in [0.05, 0.1) is 5.69 Å². The maximum absolute atomic E-state index is 12.0. The van der Waals surface area contributed by atoms with Crippen LogP contribution in [0.1, 0.15) is 19.4 Å². The molecule has 0 atom stereocenters. The summed E-state index contributed by atoms with van der Waals surface area (Å²) in [6.45, 7) is 3.82. The lowest BCUT2D eigenvalue weighted by Gasteiger charge is -2.08. The Balaban J connectivity index is 1.86. The molecule has 124 valence electrons. The van der Waals surface area contributed by atoms with Gasteiger partial charge in [-0.25, -0.2) is 4.68 Å². The molecule has 3 aromatic rings. The van der Waals surface area contributed by atoms with Crippen LogP contribution in [0.2, 0.25) is 0 Å². The van der Waals surface area contributed by atoms with Gasteiger partial charge in [-0.15, -0.1) is 0 Å². The summed E-state index contributed by atoms with van der Waals surface area (Å²) in [6.07, 6.45) is 3.61. The number of hydrogen-bond donors (Lipinski definition) is 3. The lowest BCUT2D eigenvalue weighted by Crippen LogP contribution is -2.23. The number of nitrogens with two attached hydrogens (primary N) is 1. The van der Waals surface area contributed by atoms with E-state index in [1.54, 1.807) is 10.9 Å². The fourth-order valence-corrected chi connectivity index (χ4v) is 2.98. The van der Waals surface area contributed by atoms with E-state index in [1.165, 1.54) is 11.5 Å². The molecular formula is C16H18N6OS. The van der Waals surface area contributed by atoms with Crippen LogP contribution in [0.15, 0.2) is 52.5 Å². The van der Waals surface area contributed by atoms with E-state index in [0.717, 1.165) is 11.4 Å². The van der Waals surface area contributed by atoms with E-state index in [4.69, 9.17) is 5.73 Å². The van der Waals surface area contributed by atoms with Gasteiger partial charge in [0, 0.05) is 24.1 Å². The number of aliphatic imine (C=N–C) groups is 1. The van der Waals surface area contributed by atoms with Crippen LogP contribution in [-0.4, -0.2) is 26.0 Å². The Bertz CT molecular complexity index is 890. The summed E-state index contributed by atoms with van der Waals surface area (Å²) in [4.78, 5) is 16.3. The molecule has 7 nitrogen and oxygen atoms in total. The Morgan fingerprint density at radius 3 is 2.75 bits per heavy atom. The first-order chi connectivity index (χ1) is 11.5. The zero-order valence-corrected chi connectivity index (χ0v) is 14.2. The lowest BCUT2D eigenvalue weighted by molar-refractivity contribution is 0.834. The molecule has 0 unspecified atom stereocenters. The molecule has 1 aromatic carbocycles. The van der Waals surface area contributed by atoms with Crippen molar-refractivity contribution in [2.75, 3.05) is 5.32 Å². The van der Waals surface area contributed by atoms with Gasteiger partial charge in [-0.2, -0.15) is 5.10 Å². The molecule has 24 heavy (non-hydrogen) atoms. The van der Waals surface area contributed by atoms with E-state index in [-0.39, 0.29) is 17.4 Å². The fraction of sp³-hybridized carbons (Fsp3) is 0.188. The Labute approximate surface area is 143 Å². The summed E-state index contributed by atoms with van der Waals surface area (Å²) in [5.41, 5.74) is 7.91. The predicted molar refractivity (Wildman–Crippen MR) is 97.6 cm³/mol. The Hall–Kier alpha value is -2.87. The van der Waals surface area contributed by atoms with Crippen LogP contribution in [0.25, 0.3) is 5.69 Å². The monoisotopic (exact) mass is 342 g/mol. The first-order valence-corrected chi connectivity index (χ1v) is 8.28. The molecule has 0 radical (unpaired) electrons. The smallest absolute Gasteiger partial charge is 0.271 e. The number of benzene rings is 1. The third-order valence-electron chi connectivity index (χ3n) is 3.25. The second-order valence-electron chi connectivity index (χ2n) is 5.47. The average molecular weight is 342 g/mol. The highest BCUT2D eigenvalue weighted by molar-refractivity contribution is 7.10. The summed E-state index contributed by atoms with van der Waals surface area (Å²) in [5.74, 6) is 0.239. The van der Waals surface area contributed by atoms with Gasteiger partial charge in [-0.1, -0.05) is 0 Å². The van der Waals surface area contributed by atoms with Crippen molar-refractivity contribution < 1.29 is 0 Å². The molecule has 0 saturated heterocycles. The summed E-state index contributed by atoms with van der Waals surface area (Å²) in [6, 6.07) is 9.60. The van der Waals surface area contributed by atoms with Crippen LogP contribution in [0.3, 0.4) is 0 Å². The molecule has 0 spiro atoms. The molecule has 4 N–H and O–H groups in total. The van der Waals surface area contributed by atoms with Crippen molar-refractivity contribution in [3.63, 3.8) is 0 Å². The largest absolute Gasteiger partial charge is 0.383 e. The molecule has 0 fully saturated rings. The molecule has 2 aromatic heterocycles. The minimum absolute atomic E-state index is 0.0190. The van der Waals surface area contributed by atoms with E-state index in [9.17, 15) is 4.79 Å². The number of rotatable bonds is 5. The molecule has 0 aliphatic heterocycles. The minimum Gasteiger partial charge on any atom is -0.383 e. The van der Waals surface area contributed by atoms with E-state index < -0.39 is 0 Å². The third-order valence-corrected chi connectivity index (χ3v) is 4.05. The molecule has 8 heteroatoms. The average Bonchev–Trinajstić information content (AvgIpc) is 3.18. The van der Waals surface area contributed by atoms with E-state index in [0.29, 0.717) is 10.6 Å². The highest BCUT2D eigenvalue weighted by Gasteiger charge is 2.15. The van der Waals surface area contributed by atoms with Gasteiger partial charge < -0.3 is 11.1 Å². The van der Waals surface area contributed by atoms with Crippen molar-refractivity contribution in [2.24, 2.45) is 10.7 Å². The SMILES string of the molecule is CC(C)N=C(N)c1c(Nc2ccc(-n3cccn3)cc2)s[nH]c1=O. The number of hydrogen-bond acceptors (Lipinski definition) is 5. The van der Waals surface area contributed by atoms with Gasteiger partial charge in [0.1, 0.15) is 16.4 Å². The summed E-state index contributed by atoms with van der Waals surface area (Å²) >= 11 is 1.20. The van der Waals surface area contributed by atoms with E-state index in [1.807, 2.05) is 50.4 Å². The number of H-pyrrole nitrogens is 1. The van der Waals surface area contributed by atoms with Crippen LogP contribution in [0.4, 0.5) is 10.7 Å². The second-order valence-corrected chi connectivity index (χ2v) is 6.28. The normalized spacial score (nSPS) is 11.9. The van der Waals surface area contributed by atoms with Crippen molar-refractivity contribution in [3.8, 4) is 5.69 Å². The van der Waals surface area contributed by atoms with Crippen molar-refractivity contribution in [3.05, 3.63) is 58.6 Å². The standard InChI is InChI=1S/C16H18N6OS/c1-10(2)19-14(17)13-15(23)21-24-16(13)20-11-4-6-12(7-5-11)22-9-3-8-18-22/h3-10,20H,1-2H3,(H2,17,19)(H,21,23). The van der Waals surface area contributed by atoms with Crippen LogP contribution < -0.4 is 16.6 Å². The van der Waals surface area contributed by atoms with E-state index >= 15 is 0 Å². The number of nitrogens with zero attached hydrogens (tertiary/aromatic N) is 3. The minimum atomic E-state index is -0.238. The van der Waals surface area contributed by atoms with Crippen LogP contribution in [0, 0.1) is 0 Å².